The van der Waals surface area contributed by atoms with Crippen LogP contribution in [0, 0.1) is 0 Å². The van der Waals surface area contributed by atoms with Gasteiger partial charge in [-0.15, -0.1) is 22.7 Å². The van der Waals surface area contributed by atoms with Crippen LogP contribution in [-0.4, -0.2) is 34.3 Å². The van der Waals surface area contributed by atoms with Crippen LogP contribution in [0.1, 0.15) is 36.3 Å². The van der Waals surface area contributed by atoms with Gasteiger partial charge in [0, 0.05) is 29.3 Å². The van der Waals surface area contributed by atoms with Crippen molar-refractivity contribution < 1.29 is 9.59 Å². The highest BCUT2D eigenvalue weighted by molar-refractivity contribution is 7.14. The van der Waals surface area contributed by atoms with Gasteiger partial charge in [0.2, 0.25) is 11.8 Å². The molecule has 126 valence electrons. The molecule has 3 heterocycles. The van der Waals surface area contributed by atoms with Crippen molar-refractivity contribution in [3.63, 3.8) is 0 Å². The van der Waals surface area contributed by atoms with E-state index in [9.17, 15) is 9.59 Å². The first kappa shape index (κ1) is 15.8. The van der Waals surface area contributed by atoms with E-state index in [2.05, 4.69) is 11.1 Å². The van der Waals surface area contributed by atoms with E-state index in [1.165, 1.54) is 16.2 Å². The van der Waals surface area contributed by atoms with Crippen LogP contribution in [0.3, 0.4) is 0 Å². The van der Waals surface area contributed by atoms with E-state index in [1.807, 2.05) is 21.7 Å². The maximum Gasteiger partial charge on any atom is 0.229 e. The molecule has 5 nitrogen and oxygen atoms in total. The normalized spacial score (nSPS) is 17.5. The molecule has 0 radical (unpaired) electrons. The molecule has 2 fully saturated rings. The fourth-order valence-corrected chi connectivity index (χ4v) is 4.56. The Morgan fingerprint density at radius 2 is 2.25 bits per heavy atom. The summed E-state index contributed by atoms with van der Waals surface area (Å²) in [4.78, 5) is 34.0. The summed E-state index contributed by atoms with van der Waals surface area (Å²) in [5.74, 6) is 0.273. The number of nitrogens with zero attached hydrogens (tertiary/aromatic N) is 3. The van der Waals surface area contributed by atoms with Crippen LogP contribution >= 0.6 is 22.7 Å². The lowest BCUT2D eigenvalue weighted by molar-refractivity contribution is -0.131. The Balaban J connectivity index is 1.43. The highest BCUT2D eigenvalue weighted by Gasteiger charge is 2.33. The molecule has 2 amide bonds. The van der Waals surface area contributed by atoms with Gasteiger partial charge >= 0.3 is 0 Å². The van der Waals surface area contributed by atoms with Crippen LogP contribution in [0.15, 0.2) is 22.9 Å². The van der Waals surface area contributed by atoms with Crippen molar-refractivity contribution in [3.05, 3.63) is 33.5 Å². The van der Waals surface area contributed by atoms with E-state index < -0.39 is 0 Å². The summed E-state index contributed by atoms with van der Waals surface area (Å²) in [6, 6.07) is 4.49. The number of amides is 2. The number of anilines is 1. The number of thiophene rings is 1. The second-order valence-corrected chi connectivity index (χ2v) is 8.15. The van der Waals surface area contributed by atoms with Gasteiger partial charge in [-0.1, -0.05) is 6.07 Å². The molecule has 1 aliphatic heterocycles. The van der Waals surface area contributed by atoms with Gasteiger partial charge in [-0.25, -0.2) is 4.98 Å². The van der Waals surface area contributed by atoms with Gasteiger partial charge in [-0.05, 0) is 30.7 Å². The van der Waals surface area contributed by atoms with Crippen molar-refractivity contribution >= 4 is 39.6 Å². The molecular weight excluding hydrogens is 342 g/mol. The fourth-order valence-electron chi connectivity index (χ4n) is 2.99. The van der Waals surface area contributed by atoms with Gasteiger partial charge in [-0.2, -0.15) is 0 Å². The Bertz CT molecular complexity index is 737. The maximum atomic E-state index is 12.7. The van der Waals surface area contributed by atoms with E-state index in [1.54, 1.807) is 16.2 Å². The SMILES string of the molecule is O=C1CCCN1c1nc(CC(=O)N(Cc2cccs2)C2CC2)cs1. The van der Waals surface area contributed by atoms with Crippen LogP contribution in [0.25, 0.3) is 0 Å². The predicted octanol–water partition coefficient (Wildman–Crippen LogP) is 3.07. The van der Waals surface area contributed by atoms with Crippen molar-refractivity contribution in [1.82, 2.24) is 9.88 Å². The minimum absolute atomic E-state index is 0.135. The number of thiazole rings is 1. The largest absolute Gasteiger partial charge is 0.334 e. The molecule has 0 bridgehead atoms. The number of rotatable bonds is 6. The first-order valence-corrected chi connectivity index (χ1v) is 10.0. The summed E-state index contributed by atoms with van der Waals surface area (Å²) in [6.45, 7) is 1.44. The molecule has 1 saturated heterocycles. The molecule has 4 rings (SSSR count). The third-order valence-corrected chi connectivity index (χ3v) is 6.16. The molecule has 0 N–H and O–H groups in total. The van der Waals surface area contributed by atoms with Crippen molar-refractivity contribution in [1.29, 1.82) is 0 Å². The number of carbonyl (C=O) groups excluding carboxylic acids is 2. The lowest BCUT2D eigenvalue weighted by Gasteiger charge is -2.21. The van der Waals surface area contributed by atoms with Gasteiger partial charge in [-0.3, -0.25) is 14.5 Å². The quantitative estimate of drug-likeness (QED) is 0.795. The average Bonchev–Trinajstić information content (AvgIpc) is 2.96. The molecule has 0 unspecified atom stereocenters. The number of aromatic nitrogens is 1. The van der Waals surface area contributed by atoms with Gasteiger partial charge in [0.05, 0.1) is 18.7 Å². The Labute approximate surface area is 148 Å². The molecule has 2 aromatic rings. The third kappa shape index (κ3) is 3.37. The molecule has 0 aromatic carbocycles. The van der Waals surface area contributed by atoms with Crippen LogP contribution in [0.4, 0.5) is 5.13 Å². The average molecular weight is 361 g/mol. The fraction of sp³-hybridized carbons (Fsp3) is 0.471. The molecule has 0 spiro atoms. The van der Waals surface area contributed by atoms with Crippen LogP contribution in [0.2, 0.25) is 0 Å². The first-order valence-electron chi connectivity index (χ1n) is 8.27. The van der Waals surface area contributed by atoms with Crippen LogP contribution < -0.4 is 4.90 Å². The smallest absolute Gasteiger partial charge is 0.229 e. The molecule has 2 aliphatic rings. The highest BCUT2D eigenvalue weighted by Crippen LogP contribution is 2.30. The summed E-state index contributed by atoms with van der Waals surface area (Å²) in [6.07, 6.45) is 4.01. The van der Waals surface area contributed by atoms with E-state index in [0.717, 1.165) is 36.6 Å². The molecule has 1 saturated carbocycles. The van der Waals surface area contributed by atoms with Crippen molar-refractivity contribution in [2.24, 2.45) is 0 Å². The second kappa shape index (κ2) is 6.64. The van der Waals surface area contributed by atoms with Crippen molar-refractivity contribution in [2.45, 2.75) is 44.7 Å². The topological polar surface area (TPSA) is 53.5 Å². The van der Waals surface area contributed by atoms with E-state index in [0.29, 0.717) is 25.4 Å². The van der Waals surface area contributed by atoms with Crippen LogP contribution in [-0.2, 0) is 22.6 Å². The minimum atomic E-state index is 0.135. The van der Waals surface area contributed by atoms with Gasteiger partial charge in [0.1, 0.15) is 0 Å². The van der Waals surface area contributed by atoms with E-state index >= 15 is 0 Å². The van der Waals surface area contributed by atoms with Gasteiger partial charge < -0.3 is 4.90 Å². The van der Waals surface area contributed by atoms with Crippen molar-refractivity contribution in [3.8, 4) is 0 Å². The van der Waals surface area contributed by atoms with Crippen LogP contribution in [0.5, 0.6) is 0 Å². The standard InChI is InChI=1S/C17H19N3O2S2/c21-15-4-1-7-19(15)17-18-12(11-24-17)9-16(22)20(13-5-6-13)10-14-3-2-8-23-14/h2-3,8,11,13H,1,4-7,9-10H2. The molecule has 1 aliphatic carbocycles. The summed E-state index contributed by atoms with van der Waals surface area (Å²) in [7, 11) is 0. The Kier molecular flexibility index (Phi) is 4.37. The Hall–Kier alpha value is -1.73. The molecule has 2 aromatic heterocycles. The van der Waals surface area contributed by atoms with E-state index in [4.69, 9.17) is 0 Å². The summed E-state index contributed by atoms with van der Waals surface area (Å²) in [5, 5.41) is 4.69. The van der Waals surface area contributed by atoms with Gasteiger partial charge in [0.25, 0.3) is 0 Å². The number of carbonyl (C=O) groups is 2. The predicted molar refractivity (Wildman–Crippen MR) is 95.3 cm³/mol. The third-order valence-electron chi connectivity index (χ3n) is 4.39. The number of hydrogen-bond acceptors (Lipinski definition) is 5. The second-order valence-electron chi connectivity index (χ2n) is 6.28. The lowest BCUT2D eigenvalue weighted by atomic mass is 10.3. The zero-order valence-corrected chi connectivity index (χ0v) is 14.9. The molecular formula is C17H19N3O2S2. The monoisotopic (exact) mass is 361 g/mol. The summed E-state index contributed by atoms with van der Waals surface area (Å²) < 4.78 is 0. The number of hydrogen-bond donors (Lipinski definition) is 0. The Morgan fingerprint density at radius 3 is 2.92 bits per heavy atom. The highest BCUT2D eigenvalue weighted by atomic mass is 32.1. The molecule has 24 heavy (non-hydrogen) atoms. The lowest BCUT2D eigenvalue weighted by Crippen LogP contribution is -2.33. The summed E-state index contributed by atoms with van der Waals surface area (Å²) in [5.41, 5.74) is 0.775. The van der Waals surface area contributed by atoms with Crippen molar-refractivity contribution in [2.75, 3.05) is 11.4 Å². The Morgan fingerprint density at radius 1 is 1.38 bits per heavy atom. The van der Waals surface area contributed by atoms with Gasteiger partial charge in [0.15, 0.2) is 5.13 Å². The summed E-state index contributed by atoms with van der Waals surface area (Å²) >= 11 is 3.15. The maximum absolute atomic E-state index is 12.7. The zero-order valence-electron chi connectivity index (χ0n) is 13.3. The molecule has 0 atom stereocenters. The minimum Gasteiger partial charge on any atom is -0.334 e. The first-order chi connectivity index (χ1) is 11.7. The van der Waals surface area contributed by atoms with E-state index in [-0.39, 0.29) is 11.8 Å². The zero-order chi connectivity index (χ0) is 16.5. The molecule has 7 heteroatoms.